The molecule has 0 aliphatic rings. The second-order valence-corrected chi connectivity index (χ2v) is 5.55. The third-order valence-electron chi connectivity index (χ3n) is 2.49. The Balaban J connectivity index is 0.00000180. The molecule has 0 aliphatic carbocycles. The Morgan fingerprint density at radius 3 is 2.00 bits per heavy atom. The zero-order valence-corrected chi connectivity index (χ0v) is 15.8. The summed E-state index contributed by atoms with van der Waals surface area (Å²) in [4.78, 5) is 0. The molecule has 0 atom stereocenters. The molecule has 0 fully saturated rings. The van der Waals surface area contributed by atoms with Crippen LogP contribution < -0.4 is 5.32 Å². The molecule has 1 radical (unpaired) electrons. The largest absolute Gasteiger partial charge is 0.367 e. The first-order chi connectivity index (χ1) is 8.84. The molecule has 1 nitrogen and oxygen atoms in total. The number of hydrogen-bond acceptors (Lipinski definition) is 2. The van der Waals surface area contributed by atoms with Crippen LogP contribution in [0.15, 0.2) is 60.7 Å². The molecule has 2 rings (SSSR count). The maximum absolute atomic E-state index is 5.30. The van der Waals surface area contributed by atoms with Gasteiger partial charge in [-0.25, -0.2) is 0 Å². The van der Waals surface area contributed by atoms with Crippen LogP contribution in [0.3, 0.4) is 0 Å². The molecule has 0 aliphatic heterocycles. The van der Waals surface area contributed by atoms with Crippen molar-refractivity contribution in [3.8, 4) is 0 Å². The van der Waals surface area contributed by atoms with Gasteiger partial charge in [-0.2, -0.15) is 0 Å². The number of benzene rings is 2. The summed E-state index contributed by atoms with van der Waals surface area (Å²) < 4.78 is 0.850. The average Bonchev–Trinajstić information content (AvgIpc) is 2.45. The Labute approximate surface area is 152 Å². The van der Waals surface area contributed by atoms with E-state index >= 15 is 0 Å². The van der Waals surface area contributed by atoms with Crippen molar-refractivity contribution in [3.05, 3.63) is 71.8 Å². The van der Waals surface area contributed by atoms with Gasteiger partial charge in [0.25, 0.3) is 0 Å². The van der Waals surface area contributed by atoms with Crippen molar-refractivity contribution in [3.63, 3.8) is 0 Å². The Morgan fingerprint density at radius 2 is 1.42 bits per heavy atom. The maximum Gasteiger partial charge on any atom is 0.134 e. The van der Waals surface area contributed by atoms with Crippen LogP contribution in [0.5, 0.6) is 0 Å². The standard InChI is InChI=1S/C15H15NS2.La/c17-15(16-11-13-7-3-1-4-8-13)18-12-14-9-5-2-6-10-14;/h1-10H,11-12H2,(H,16,17);. The fraction of sp³-hybridized carbons (Fsp3) is 0.133. The molecule has 0 amide bonds. The van der Waals surface area contributed by atoms with Gasteiger partial charge < -0.3 is 5.32 Å². The Bertz CT molecular complexity index is 443. The molecule has 1 N–H and O–H groups in total. The van der Waals surface area contributed by atoms with E-state index in [1.807, 2.05) is 24.3 Å². The summed E-state index contributed by atoms with van der Waals surface area (Å²) in [7, 11) is 0. The molecule has 95 valence electrons. The van der Waals surface area contributed by atoms with E-state index in [-0.39, 0.29) is 35.6 Å². The SMILES string of the molecule is S=C(NCc1ccccc1)SCc1ccccc1.[La]. The summed E-state index contributed by atoms with van der Waals surface area (Å²) >= 11 is 6.97. The van der Waals surface area contributed by atoms with Crippen LogP contribution in [-0.2, 0) is 12.3 Å². The molecule has 2 aromatic rings. The van der Waals surface area contributed by atoms with E-state index in [0.29, 0.717) is 0 Å². The monoisotopic (exact) mass is 412 g/mol. The molecule has 0 heterocycles. The molecular formula is C15H15LaNS2. The van der Waals surface area contributed by atoms with Crippen molar-refractivity contribution in [1.82, 2.24) is 5.32 Å². The first kappa shape index (κ1) is 16.9. The molecule has 2 aromatic carbocycles. The number of hydrogen-bond donors (Lipinski definition) is 1. The third-order valence-corrected chi connectivity index (χ3v) is 3.87. The van der Waals surface area contributed by atoms with Gasteiger partial charge in [-0.3, -0.25) is 0 Å². The minimum Gasteiger partial charge on any atom is -0.367 e. The van der Waals surface area contributed by atoms with Gasteiger partial charge in [-0.05, 0) is 11.1 Å². The minimum atomic E-state index is 0. The Morgan fingerprint density at radius 1 is 0.895 bits per heavy atom. The van der Waals surface area contributed by atoms with E-state index < -0.39 is 0 Å². The molecule has 0 unspecified atom stereocenters. The molecule has 0 bridgehead atoms. The average molecular weight is 412 g/mol. The van der Waals surface area contributed by atoms with E-state index in [2.05, 4.69) is 41.7 Å². The number of thiocarbonyl (C=S) groups is 1. The van der Waals surface area contributed by atoms with E-state index in [0.717, 1.165) is 16.6 Å². The molecule has 19 heavy (non-hydrogen) atoms. The summed E-state index contributed by atoms with van der Waals surface area (Å²) in [6.07, 6.45) is 0. The Hall–Kier alpha value is -0.125. The van der Waals surface area contributed by atoms with Gasteiger partial charge in [0, 0.05) is 47.9 Å². The molecule has 0 aromatic heterocycles. The van der Waals surface area contributed by atoms with Gasteiger partial charge in [0.1, 0.15) is 4.32 Å². The van der Waals surface area contributed by atoms with Crippen LogP contribution >= 0.6 is 24.0 Å². The topological polar surface area (TPSA) is 12.0 Å². The van der Waals surface area contributed by atoms with Crippen molar-refractivity contribution in [2.24, 2.45) is 0 Å². The normalized spacial score (nSPS) is 9.47. The van der Waals surface area contributed by atoms with Crippen LogP contribution in [0, 0.1) is 35.6 Å². The Kier molecular flexibility index (Phi) is 8.67. The minimum absolute atomic E-state index is 0. The van der Waals surface area contributed by atoms with E-state index in [9.17, 15) is 0 Å². The van der Waals surface area contributed by atoms with E-state index in [4.69, 9.17) is 12.2 Å². The van der Waals surface area contributed by atoms with E-state index in [1.54, 1.807) is 11.8 Å². The number of nitrogens with one attached hydrogen (secondary N) is 1. The smallest absolute Gasteiger partial charge is 0.134 e. The second-order valence-electron chi connectivity index (χ2n) is 3.90. The van der Waals surface area contributed by atoms with Crippen molar-refractivity contribution < 1.29 is 35.6 Å². The summed E-state index contributed by atoms with van der Waals surface area (Å²) in [6, 6.07) is 20.7. The predicted molar refractivity (Wildman–Crippen MR) is 83.6 cm³/mol. The summed E-state index contributed by atoms with van der Waals surface area (Å²) in [5.41, 5.74) is 2.55. The van der Waals surface area contributed by atoms with Crippen LogP contribution in [0.4, 0.5) is 0 Å². The van der Waals surface area contributed by atoms with Crippen molar-refractivity contribution in [2.45, 2.75) is 12.3 Å². The van der Waals surface area contributed by atoms with Crippen molar-refractivity contribution >= 4 is 28.3 Å². The van der Waals surface area contributed by atoms with Crippen molar-refractivity contribution in [2.75, 3.05) is 0 Å². The van der Waals surface area contributed by atoms with E-state index in [1.165, 1.54) is 11.1 Å². The van der Waals surface area contributed by atoms with Crippen LogP contribution in [0.2, 0.25) is 0 Å². The van der Waals surface area contributed by atoms with Crippen LogP contribution in [0.25, 0.3) is 0 Å². The second kappa shape index (κ2) is 9.73. The fourth-order valence-corrected chi connectivity index (χ4v) is 2.46. The fourth-order valence-electron chi connectivity index (χ4n) is 1.54. The van der Waals surface area contributed by atoms with Crippen LogP contribution in [-0.4, -0.2) is 4.32 Å². The molecular weight excluding hydrogens is 397 g/mol. The van der Waals surface area contributed by atoms with Gasteiger partial charge in [0.15, 0.2) is 0 Å². The van der Waals surface area contributed by atoms with Gasteiger partial charge in [-0.1, -0.05) is 84.6 Å². The zero-order chi connectivity index (χ0) is 12.6. The van der Waals surface area contributed by atoms with Crippen molar-refractivity contribution in [1.29, 1.82) is 0 Å². The molecule has 0 saturated carbocycles. The third kappa shape index (κ3) is 6.73. The first-order valence-corrected chi connectivity index (χ1v) is 7.22. The molecule has 0 saturated heterocycles. The number of rotatable bonds is 4. The summed E-state index contributed by atoms with van der Waals surface area (Å²) in [6.45, 7) is 0.793. The van der Waals surface area contributed by atoms with Gasteiger partial charge in [0.05, 0.1) is 0 Å². The van der Waals surface area contributed by atoms with Gasteiger partial charge in [0.2, 0.25) is 0 Å². The summed E-state index contributed by atoms with van der Waals surface area (Å²) in [5.74, 6) is 0.918. The summed E-state index contributed by atoms with van der Waals surface area (Å²) in [5, 5.41) is 3.26. The quantitative estimate of drug-likeness (QED) is 0.763. The number of thioether (sulfide) groups is 1. The predicted octanol–water partition coefficient (Wildman–Crippen LogP) is 3.99. The maximum atomic E-state index is 5.30. The molecule has 4 heteroatoms. The van der Waals surface area contributed by atoms with Gasteiger partial charge >= 0.3 is 0 Å². The first-order valence-electron chi connectivity index (χ1n) is 5.83. The van der Waals surface area contributed by atoms with Gasteiger partial charge in [-0.15, -0.1) is 0 Å². The molecule has 0 spiro atoms. The van der Waals surface area contributed by atoms with Crippen LogP contribution in [0.1, 0.15) is 11.1 Å². The zero-order valence-electron chi connectivity index (χ0n) is 10.6.